The van der Waals surface area contributed by atoms with Gasteiger partial charge in [0.05, 0.1) is 158 Å². The maximum Gasteiger partial charge on any atom is 0.420 e. The van der Waals surface area contributed by atoms with Crippen molar-refractivity contribution in [3.8, 4) is 17.2 Å². The largest absolute Gasteiger partial charge is 0.491 e. The van der Waals surface area contributed by atoms with E-state index in [0.717, 1.165) is 17.6 Å². The fraction of sp³-hybridized carbons (Fsp3) is 0.581. The molecule has 0 aromatic heterocycles. The molecular formula is C62H86F3NO19S. The summed E-state index contributed by atoms with van der Waals surface area (Å²) in [6.07, 6.45) is -6.38. The van der Waals surface area contributed by atoms with Crippen molar-refractivity contribution < 1.29 is 103 Å². The van der Waals surface area contributed by atoms with E-state index in [0.29, 0.717) is 196 Å². The molecule has 1 unspecified atom stereocenters. The van der Waals surface area contributed by atoms with Crippen LogP contribution >= 0.6 is 12.0 Å². The Hall–Kier alpha value is -5.16. The molecule has 5 rings (SSSR count). The number of anilines is 2. The van der Waals surface area contributed by atoms with E-state index in [4.69, 9.17) is 80.0 Å². The molecule has 24 heteroatoms. The summed E-state index contributed by atoms with van der Waals surface area (Å²) in [5, 5.41) is 0. The van der Waals surface area contributed by atoms with Gasteiger partial charge in [0.15, 0.2) is 6.10 Å². The third kappa shape index (κ3) is 26.3. The molecule has 0 amide bonds. The highest BCUT2D eigenvalue weighted by Crippen LogP contribution is 2.49. The molecule has 0 aliphatic carbocycles. The molecule has 0 N–H and O–H groups in total. The Morgan fingerprint density at radius 2 is 0.895 bits per heavy atom. The van der Waals surface area contributed by atoms with Crippen LogP contribution in [0.4, 0.5) is 24.5 Å². The van der Waals surface area contributed by atoms with E-state index in [9.17, 15) is 18.0 Å². The molecule has 1 aliphatic rings. The summed E-state index contributed by atoms with van der Waals surface area (Å²) >= 11 is 0.747. The molecule has 1 aliphatic heterocycles. The summed E-state index contributed by atoms with van der Waals surface area (Å²) < 4.78 is 138. The number of carbonyl (C=O) groups excluding carboxylic acids is 2. The minimum absolute atomic E-state index is 0.00798. The summed E-state index contributed by atoms with van der Waals surface area (Å²) in [4.78, 5) is 29.6. The van der Waals surface area contributed by atoms with Crippen LogP contribution in [0, 0.1) is 20.8 Å². The molecule has 0 spiro atoms. The number of fused-ring (bicyclic) bond motifs is 2. The van der Waals surface area contributed by atoms with E-state index in [2.05, 4.69) is 0 Å². The number of alkyl halides is 3. The second-order valence-electron chi connectivity index (χ2n) is 19.3. The highest BCUT2D eigenvalue weighted by molar-refractivity contribution is 7.94. The number of esters is 2. The second kappa shape index (κ2) is 41.9. The number of halogens is 3. The SMILES string of the molecule is COCCOCCOCCOCCOCCOCCOc1ccc2c(c1)C(C(=O)Oc1c(C)cc(C(=O)OC)cc1C)c1cc(OCCOCCOCCOCCOCCOCCOC)ccc1N2CCCSOC(c1ccc(C)cc1)C(F)(F)F. The third-order valence-electron chi connectivity index (χ3n) is 12.8. The molecule has 0 radical (unpaired) electrons. The van der Waals surface area contributed by atoms with E-state index < -0.39 is 30.1 Å². The number of ether oxygens (including phenoxy) is 16. The fourth-order valence-electron chi connectivity index (χ4n) is 8.62. The minimum Gasteiger partial charge on any atom is -0.491 e. The fourth-order valence-corrected chi connectivity index (χ4v) is 9.32. The standard InChI is InChI=1S/C62H86F3NO19S/c1-46-8-10-49(11-9-46)59(62(63,64)65)85-86-41-7-16-66-55-14-12-51(82-39-37-80-35-33-78-31-29-76-27-25-74-23-21-72-19-17-69-4)44-53(55)57(61(68)84-58-47(2)42-50(43-48(58)3)60(67)71-6)54-45-52(13-15-56(54)66)83-40-38-81-36-34-79-32-30-77-28-26-75-24-22-73-20-18-70-5/h8-15,42-45,57,59H,7,16-41H2,1-6H3. The van der Waals surface area contributed by atoms with Crippen LogP contribution in [-0.4, -0.2) is 210 Å². The zero-order valence-electron chi connectivity index (χ0n) is 50.4. The van der Waals surface area contributed by atoms with Gasteiger partial charge in [0.2, 0.25) is 0 Å². The number of hydrogen-bond donors (Lipinski definition) is 0. The van der Waals surface area contributed by atoms with Crippen molar-refractivity contribution in [2.24, 2.45) is 0 Å². The predicted molar refractivity (Wildman–Crippen MR) is 316 cm³/mol. The highest BCUT2D eigenvalue weighted by Gasteiger charge is 2.43. The normalized spacial score (nSPS) is 12.7. The minimum atomic E-state index is -4.64. The van der Waals surface area contributed by atoms with Crippen LogP contribution in [0.2, 0.25) is 0 Å². The Kier molecular flexibility index (Phi) is 34.9. The van der Waals surface area contributed by atoms with Gasteiger partial charge in [-0.15, -0.1) is 0 Å². The van der Waals surface area contributed by atoms with Gasteiger partial charge in [0, 0.05) is 37.9 Å². The number of aryl methyl sites for hydroxylation is 3. The first kappa shape index (κ1) is 71.6. The number of nitrogens with zero attached hydrogens (tertiary/aromatic N) is 1. The molecule has 0 bridgehead atoms. The summed E-state index contributed by atoms with van der Waals surface area (Å²) in [5.41, 5.74) is 4.58. The molecule has 1 atom stereocenters. The molecule has 0 fully saturated rings. The Morgan fingerprint density at radius 1 is 0.512 bits per heavy atom. The van der Waals surface area contributed by atoms with Gasteiger partial charge in [-0.05, 0) is 116 Å². The number of benzene rings is 4. The van der Waals surface area contributed by atoms with Gasteiger partial charge >= 0.3 is 18.1 Å². The lowest BCUT2D eigenvalue weighted by Gasteiger charge is -2.37. The summed E-state index contributed by atoms with van der Waals surface area (Å²) in [5.74, 6) is -0.841. The van der Waals surface area contributed by atoms with Crippen molar-refractivity contribution in [2.75, 3.05) is 197 Å². The van der Waals surface area contributed by atoms with Gasteiger partial charge < -0.3 is 80.7 Å². The van der Waals surface area contributed by atoms with Crippen molar-refractivity contribution in [1.82, 2.24) is 0 Å². The molecular weight excluding hydrogens is 1150 g/mol. The van der Waals surface area contributed by atoms with Gasteiger partial charge in [-0.2, -0.15) is 13.2 Å². The van der Waals surface area contributed by atoms with Crippen LogP contribution in [-0.2, 0) is 70.6 Å². The first-order chi connectivity index (χ1) is 41.9. The van der Waals surface area contributed by atoms with E-state index in [-0.39, 0.29) is 43.5 Å². The molecule has 86 heavy (non-hydrogen) atoms. The molecule has 480 valence electrons. The monoisotopic (exact) mass is 1240 g/mol. The average molecular weight is 1240 g/mol. The van der Waals surface area contributed by atoms with Crippen LogP contribution in [0.25, 0.3) is 0 Å². The van der Waals surface area contributed by atoms with Crippen LogP contribution < -0.4 is 19.1 Å². The topological polar surface area (TPSA) is 194 Å². The summed E-state index contributed by atoms with van der Waals surface area (Å²) in [6.45, 7) is 15.1. The van der Waals surface area contributed by atoms with Gasteiger partial charge in [0.1, 0.15) is 36.4 Å². The van der Waals surface area contributed by atoms with Crippen LogP contribution in [0.3, 0.4) is 0 Å². The van der Waals surface area contributed by atoms with E-state index in [1.165, 1.54) is 19.2 Å². The van der Waals surface area contributed by atoms with Crippen LogP contribution in [0.1, 0.15) is 62.2 Å². The molecule has 20 nitrogen and oxygen atoms in total. The zero-order valence-corrected chi connectivity index (χ0v) is 51.2. The Bertz CT molecular complexity index is 2410. The summed E-state index contributed by atoms with van der Waals surface area (Å²) in [7, 11) is 4.53. The van der Waals surface area contributed by atoms with E-state index in [1.54, 1.807) is 83.5 Å². The molecule has 4 aromatic rings. The molecule has 0 saturated heterocycles. The number of hydrogen-bond acceptors (Lipinski definition) is 21. The lowest BCUT2D eigenvalue weighted by Crippen LogP contribution is -2.32. The Morgan fingerprint density at radius 3 is 1.27 bits per heavy atom. The van der Waals surface area contributed by atoms with Crippen molar-refractivity contribution in [1.29, 1.82) is 0 Å². The van der Waals surface area contributed by atoms with Gasteiger partial charge in [-0.1, -0.05) is 29.8 Å². The average Bonchev–Trinajstić information content (AvgIpc) is 0.831. The Labute approximate surface area is 507 Å². The maximum absolute atomic E-state index is 15.0. The number of methoxy groups -OCH3 is 3. The first-order valence-electron chi connectivity index (χ1n) is 28.7. The number of carbonyl (C=O) groups is 2. The van der Waals surface area contributed by atoms with Crippen LogP contribution in [0.15, 0.2) is 72.8 Å². The lowest BCUT2D eigenvalue weighted by atomic mass is 9.84. The highest BCUT2D eigenvalue weighted by atomic mass is 32.2. The van der Waals surface area contributed by atoms with Gasteiger partial charge in [-0.3, -0.25) is 8.98 Å². The zero-order chi connectivity index (χ0) is 61.6. The van der Waals surface area contributed by atoms with E-state index >= 15 is 4.79 Å². The first-order valence-corrected chi connectivity index (χ1v) is 29.7. The molecule has 4 aromatic carbocycles. The smallest absolute Gasteiger partial charge is 0.420 e. The molecule has 0 saturated carbocycles. The van der Waals surface area contributed by atoms with Crippen molar-refractivity contribution in [2.45, 2.75) is 45.4 Å². The van der Waals surface area contributed by atoms with Crippen LogP contribution in [0.5, 0.6) is 17.2 Å². The van der Waals surface area contributed by atoms with Crippen molar-refractivity contribution in [3.63, 3.8) is 0 Å². The lowest BCUT2D eigenvalue weighted by molar-refractivity contribution is -0.194. The second-order valence-corrected chi connectivity index (χ2v) is 20.1. The van der Waals surface area contributed by atoms with E-state index in [1.807, 2.05) is 17.0 Å². The van der Waals surface area contributed by atoms with Crippen molar-refractivity contribution >= 4 is 35.4 Å². The summed E-state index contributed by atoms with van der Waals surface area (Å²) in [6, 6.07) is 20.1. The quantitative estimate of drug-likeness (QED) is 0.0176. The van der Waals surface area contributed by atoms with Gasteiger partial charge in [0.25, 0.3) is 0 Å². The molecule has 1 heterocycles. The van der Waals surface area contributed by atoms with Crippen molar-refractivity contribution in [3.05, 3.63) is 112 Å². The predicted octanol–water partition coefficient (Wildman–Crippen LogP) is 9.16. The maximum atomic E-state index is 15.0. The van der Waals surface area contributed by atoms with Gasteiger partial charge in [-0.25, -0.2) is 4.79 Å². The third-order valence-corrected chi connectivity index (χ3v) is 13.6. The number of rotatable bonds is 48. The Balaban J connectivity index is 1.25.